The maximum atomic E-state index is 5.89. The molecular weight excluding hydrogens is 146 g/mol. The third-order valence-electron chi connectivity index (χ3n) is 3.79. The van der Waals surface area contributed by atoms with Crippen molar-refractivity contribution in [1.82, 2.24) is 0 Å². The molecule has 0 aromatic carbocycles. The summed E-state index contributed by atoms with van der Waals surface area (Å²) in [5.74, 6) is 4.11. The highest BCUT2D eigenvalue weighted by molar-refractivity contribution is 5.85. The molecule has 58 valence electrons. The van der Waals surface area contributed by atoms with Gasteiger partial charge in [-0.25, -0.2) is 0 Å². The average molecular weight is 160 g/mol. The standard InChI is InChI=1S/C8H13N.ClH/c9-8-6-4-1-2-5(3-4)7(6)8;/h4-8H,1-3,9H2;1H. The van der Waals surface area contributed by atoms with Gasteiger partial charge in [0.25, 0.3) is 0 Å². The van der Waals surface area contributed by atoms with Gasteiger partial charge < -0.3 is 5.73 Å². The maximum absolute atomic E-state index is 5.89. The molecule has 10 heavy (non-hydrogen) atoms. The normalized spacial score (nSPS) is 61.5. The Bertz CT molecular complexity index is 139. The highest BCUT2D eigenvalue weighted by atomic mass is 35.5. The fraction of sp³-hybridized carbons (Fsp3) is 1.00. The lowest BCUT2D eigenvalue weighted by Crippen LogP contribution is -2.11. The monoisotopic (exact) mass is 159 g/mol. The van der Waals surface area contributed by atoms with Crippen molar-refractivity contribution in [3.05, 3.63) is 0 Å². The molecule has 1 nitrogen and oxygen atoms in total. The first-order valence-electron chi connectivity index (χ1n) is 4.13. The Morgan fingerprint density at radius 3 is 1.90 bits per heavy atom. The van der Waals surface area contributed by atoms with Gasteiger partial charge in [0.15, 0.2) is 0 Å². The second kappa shape index (κ2) is 1.89. The Labute approximate surface area is 67.8 Å². The predicted molar refractivity (Wildman–Crippen MR) is 43.0 cm³/mol. The van der Waals surface area contributed by atoms with Crippen molar-refractivity contribution in [1.29, 1.82) is 0 Å². The fourth-order valence-corrected chi connectivity index (χ4v) is 3.39. The molecule has 3 rings (SSSR count). The van der Waals surface area contributed by atoms with Gasteiger partial charge in [0.1, 0.15) is 0 Å². The summed E-state index contributed by atoms with van der Waals surface area (Å²) in [4.78, 5) is 0. The van der Waals surface area contributed by atoms with Gasteiger partial charge in [0.2, 0.25) is 0 Å². The zero-order valence-corrected chi connectivity index (χ0v) is 6.81. The van der Waals surface area contributed by atoms with Crippen LogP contribution in [0.4, 0.5) is 0 Å². The van der Waals surface area contributed by atoms with Crippen LogP contribution in [-0.2, 0) is 0 Å². The summed E-state index contributed by atoms with van der Waals surface area (Å²) in [6, 6.07) is 0.635. The molecule has 0 aromatic rings. The molecule has 3 fully saturated rings. The van der Waals surface area contributed by atoms with E-state index in [1.807, 2.05) is 0 Å². The summed E-state index contributed by atoms with van der Waals surface area (Å²) in [5, 5.41) is 0. The smallest absolute Gasteiger partial charge is 0.0108 e. The molecule has 0 aromatic heterocycles. The highest BCUT2D eigenvalue weighted by Gasteiger charge is 2.63. The number of rotatable bonds is 0. The van der Waals surface area contributed by atoms with Gasteiger partial charge in [-0.3, -0.25) is 0 Å². The molecule has 0 amide bonds. The van der Waals surface area contributed by atoms with Crippen LogP contribution >= 0.6 is 12.4 Å². The molecule has 4 unspecified atom stereocenters. The van der Waals surface area contributed by atoms with E-state index >= 15 is 0 Å². The second-order valence-electron chi connectivity index (χ2n) is 4.07. The van der Waals surface area contributed by atoms with E-state index in [0.717, 1.165) is 23.7 Å². The first kappa shape index (κ1) is 6.93. The van der Waals surface area contributed by atoms with E-state index in [2.05, 4.69) is 0 Å². The van der Waals surface area contributed by atoms with Crippen LogP contribution in [0.25, 0.3) is 0 Å². The Balaban J connectivity index is 0.000000403. The molecule has 0 radical (unpaired) electrons. The minimum atomic E-state index is 0. The van der Waals surface area contributed by atoms with E-state index in [-0.39, 0.29) is 12.4 Å². The van der Waals surface area contributed by atoms with Crippen molar-refractivity contribution in [3.8, 4) is 0 Å². The van der Waals surface area contributed by atoms with Crippen molar-refractivity contribution in [2.45, 2.75) is 25.3 Å². The molecular formula is C8H14ClN. The zero-order chi connectivity index (χ0) is 6.01. The van der Waals surface area contributed by atoms with Crippen molar-refractivity contribution in [2.24, 2.45) is 29.4 Å². The Hall–Kier alpha value is 0.250. The van der Waals surface area contributed by atoms with Crippen LogP contribution in [0.2, 0.25) is 0 Å². The molecule has 2 N–H and O–H groups in total. The van der Waals surface area contributed by atoms with Gasteiger partial charge in [-0.1, -0.05) is 0 Å². The molecule has 0 heterocycles. The molecule has 3 saturated carbocycles. The molecule has 4 atom stereocenters. The van der Waals surface area contributed by atoms with Gasteiger partial charge in [0, 0.05) is 6.04 Å². The van der Waals surface area contributed by atoms with E-state index in [1.54, 1.807) is 0 Å². The van der Waals surface area contributed by atoms with Crippen LogP contribution in [0.5, 0.6) is 0 Å². The largest absolute Gasteiger partial charge is 0.327 e. The number of nitrogens with two attached hydrogens (primary N) is 1. The lowest BCUT2D eigenvalue weighted by molar-refractivity contribution is 0.456. The third-order valence-corrected chi connectivity index (χ3v) is 3.79. The Kier molecular flexibility index (Phi) is 1.31. The summed E-state index contributed by atoms with van der Waals surface area (Å²) in [6.07, 6.45) is 4.53. The van der Waals surface area contributed by atoms with E-state index in [0.29, 0.717) is 6.04 Å². The van der Waals surface area contributed by atoms with Crippen LogP contribution < -0.4 is 5.73 Å². The average Bonchev–Trinajstić information content (AvgIpc) is 2.29. The zero-order valence-electron chi connectivity index (χ0n) is 5.99. The highest BCUT2D eigenvalue weighted by Crippen LogP contribution is 2.64. The number of hydrogen-bond acceptors (Lipinski definition) is 1. The summed E-state index contributed by atoms with van der Waals surface area (Å²) in [5.41, 5.74) is 5.89. The molecule has 3 aliphatic carbocycles. The maximum Gasteiger partial charge on any atom is 0.0108 e. The predicted octanol–water partition coefficient (Wildman–Crippen LogP) is 1.41. The SMILES string of the molecule is Cl.NC1C2C3CCC(C3)C12. The van der Waals surface area contributed by atoms with Crippen LogP contribution in [-0.4, -0.2) is 6.04 Å². The van der Waals surface area contributed by atoms with Gasteiger partial charge in [0.05, 0.1) is 0 Å². The second-order valence-corrected chi connectivity index (χ2v) is 4.07. The first-order valence-corrected chi connectivity index (χ1v) is 4.13. The minimum absolute atomic E-state index is 0. The quantitative estimate of drug-likeness (QED) is 0.569. The molecule has 2 bridgehead atoms. The van der Waals surface area contributed by atoms with Crippen LogP contribution in [0, 0.1) is 23.7 Å². The van der Waals surface area contributed by atoms with Crippen molar-refractivity contribution in [2.75, 3.05) is 0 Å². The first-order chi connectivity index (χ1) is 4.38. The number of halogens is 1. The van der Waals surface area contributed by atoms with Crippen LogP contribution in [0.15, 0.2) is 0 Å². The van der Waals surface area contributed by atoms with E-state index in [1.165, 1.54) is 19.3 Å². The molecule has 3 aliphatic rings. The van der Waals surface area contributed by atoms with Crippen molar-refractivity contribution in [3.63, 3.8) is 0 Å². The summed E-state index contributed by atoms with van der Waals surface area (Å²) in [6.45, 7) is 0. The summed E-state index contributed by atoms with van der Waals surface area (Å²) < 4.78 is 0. The summed E-state index contributed by atoms with van der Waals surface area (Å²) in [7, 11) is 0. The van der Waals surface area contributed by atoms with Gasteiger partial charge >= 0.3 is 0 Å². The lowest BCUT2D eigenvalue weighted by atomic mass is 10.0. The number of hydrogen-bond donors (Lipinski definition) is 1. The van der Waals surface area contributed by atoms with Gasteiger partial charge in [-0.15, -0.1) is 12.4 Å². The fourth-order valence-electron chi connectivity index (χ4n) is 3.39. The van der Waals surface area contributed by atoms with Crippen LogP contribution in [0.1, 0.15) is 19.3 Å². The number of fused-ring (bicyclic) bond motifs is 5. The topological polar surface area (TPSA) is 26.0 Å². The molecule has 0 saturated heterocycles. The van der Waals surface area contributed by atoms with E-state index < -0.39 is 0 Å². The molecule has 0 aliphatic heterocycles. The van der Waals surface area contributed by atoms with Crippen LogP contribution in [0.3, 0.4) is 0 Å². The van der Waals surface area contributed by atoms with E-state index in [9.17, 15) is 0 Å². The summed E-state index contributed by atoms with van der Waals surface area (Å²) >= 11 is 0. The molecule has 0 spiro atoms. The van der Waals surface area contributed by atoms with Gasteiger partial charge in [-0.2, -0.15) is 0 Å². The lowest BCUT2D eigenvalue weighted by Gasteiger charge is -2.03. The van der Waals surface area contributed by atoms with E-state index in [4.69, 9.17) is 5.73 Å². The Morgan fingerprint density at radius 1 is 1.00 bits per heavy atom. The van der Waals surface area contributed by atoms with Gasteiger partial charge in [-0.05, 0) is 42.9 Å². The molecule has 2 heteroatoms. The minimum Gasteiger partial charge on any atom is -0.327 e. The third kappa shape index (κ3) is 0.584. The van der Waals surface area contributed by atoms with Crippen molar-refractivity contribution < 1.29 is 0 Å². The Morgan fingerprint density at radius 2 is 1.50 bits per heavy atom. The van der Waals surface area contributed by atoms with Crippen molar-refractivity contribution >= 4 is 12.4 Å².